The van der Waals surface area contributed by atoms with Gasteiger partial charge >= 0.3 is 6.03 Å². The molecule has 2 aromatic rings. The molecule has 0 unspecified atom stereocenters. The second-order valence-corrected chi connectivity index (χ2v) is 5.63. The summed E-state index contributed by atoms with van der Waals surface area (Å²) in [6, 6.07) is 6.92. The molecule has 2 aromatic heterocycles. The van der Waals surface area contributed by atoms with Crippen LogP contribution in [-0.4, -0.2) is 40.7 Å². The summed E-state index contributed by atoms with van der Waals surface area (Å²) in [7, 11) is 0. The van der Waals surface area contributed by atoms with Crippen molar-refractivity contribution in [1.82, 2.24) is 9.88 Å². The number of hydrogen-bond donors (Lipinski definition) is 2. The smallest absolute Gasteiger partial charge is 0.321 e. The fraction of sp³-hybridized carbons (Fsp3) is 0.333. The van der Waals surface area contributed by atoms with Crippen LogP contribution in [-0.2, 0) is 0 Å². The second kappa shape index (κ2) is 5.21. The number of nitrogens with one attached hydrogen (secondary N) is 1. The maximum Gasteiger partial charge on any atom is 0.321 e. The molecule has 3 rings (SSSR count). The van der Waals surface area contributed by atoms with Crippen LogP contribution in [0.3, 0.4) is 0 Å². The fourth-order valence-corrected chi connectivity index (χ4v) is 2.43. The van der Waals surface area contributed by atoms with Gasteiger partial charge in [-0.2, -0.15) is 0 Å². The molecule has 1 aliphatic rings. The summed E-state index contributed by atoms with van der Waals surface area (Å²) in [4.78, 5) is 18.1. The number of pyridine rings is 1. The van der Waals surface area contributed by atoms with E-state index >= 15 is 0 Å². The number of aliphatic hydroxyl groups is 1. The highest BCUT2D eigenvalue weighted by Crippen LogP contribution is 2.31. The van der Waals surface area contributed by atoms with E-state index in [1.807, 2.05) is 6.92 Å². The molecule has 0 atom stereocenters. The lowest BCUT2D eigenvalue weighted by Gasteiger charge is -2.46. The maximum atomic E-state index is 12.2. The minimum Gasteiger partial charge on any atom is -0.463 e. The Bertz CT molecular complexity index is 633. The summed E-state index contributed by atoms with van der Waals surface area (Å²) < 4.78 is 5.33. The zero-order valence-electron chi connectivity index (χ0n) is 11.7. The number of carbonyl (C=O) groups is 1. The molecule has 1 fully saturated rings. The zero-order chi connectivity index (χ0) is 14.9. The van der Waals surface area contributed by atoms with Gasteiger partial charge in [0.1, 0.15) is 5.69 Å². The van der Waals surface area contributed by atoms with Crippen LogP contribution in [0.1, 0.15) is 6.92 Å². The summed E-state index contributed by atoms with van der Waals surface area (Å²) in [5.41, 5.74) is 1.02. The molecule has 6 nitrogen and oxygen atoms in total. The van der Waals surface area contributed by atoms with E-state index in [1.165, 1.54) is 0 Å². The lowest BCUT2D eigenvalue weighted by molar-refractivity contribution is 0.00337. The average molecular weight is 287 g/mol. The first-order valence-electron chi connectivity index (χ1n) is 6.77. The number of nitrogens with zero attached hydrogens (tertiary/aromatic N) is 2. The summed E-state index contributed by atoms with van der Waals surface area (Å²) in [5.74, 6) is 0.606. The van der Waals surface area contributed by atoms with Crippen molar-refractivity contribution in [2.24, 2.45) is 5.41 Å². The molecule has 1 aliphatic heterocycles. The van der Waals surface area contributed by atoms with Crippen LogP contribution < -0.4 is 5.32 Å². The molecule has 0 bridgehead atoms. The van der Waals surface area contributed by atoms with Crippen molar-refractivity contribution in [2.75, 3.05) is 25.0 Å². The number of aromatic nitrogens is 1. The number of furan rings is 1. The Balaban J connectivity index is 1.73. The van der Waals surface area contributed by atoms with E-state index in [9.17, 15) is 9.90 Å². The topological polar surface area (TPSA) is 78.6 Å². The normalized spacial score (nSPS) is 16.4. The van der Waals surface area contributed by atoms with E-state index in [-0.39, 0.29) is 18.1 Å². The second-order valence-electron chi connectivity index (χ2n) is 5.63. The Labute approximate surface area is 122 Å². The average Bonchev–Trinajstić information content (AvgIpc) is 2.98. The molecule has 0 aromatic carbocycles. The van der Waals surface area contributed by atoms with E-state index in [0.29, 0.717) is 30.2 Å². The zero-order valence-corrected chi connectivity index (χ0v) is 11.7. The van der Waals surface area contributed by atoms with Gasteiger partial charge in [0.15, 0.2) is 5.76 Å². The molecule has 6 heteroatoms. The van der Waals surface area contributed by atoms with Gasteiger partial charge in [-0.25, -0.2) is 4.79 Å². The number of hydrogen-bond acceptors (Lipinski definition) is 4. The summed E-state index contributed by atoms with van der Waals surface area (Å²) in [6.07, 6.45) is 3.22. The molecule has 21 heavy (non-hydrogen) atoms. The van der Waals surface area contributed by atoms with Crippen LogP contribution in [0.5, 0.6) is 0 Å². The van der Waals surface area contributed by atoms with Crippen molar-refractivity contribution < 1.29 is 14.3 Å². The highest BCUT2D eigenvalue weighted by Gasteiger charge is 2.40. The van der Waals surface area contributed by atoms with E-state index in [4.69, 9.17) is 4.42 Å². The van der Waals surface area contributed by atoms with Crippen LogP contribution in [0.2, 0.25) is 0 Å². The predicted octanol–water partition coefficient (Wildman–Crippen LogP) is 2.19. The van der Waals surface area contributed by atoms with E-state index in [1.54, 1.807) is 41.6 Å². The molecule has 2 amide bonds. The Morgan fingerprint density at radius 3 is 2.95 bits per heavy atom. The van der Waals surface area contributed by atoms with Crippen LogP contribution in [0.15, 0.2) is 41.1 Å². The van der Waals surface area contributed by atoms with Crippen molar-refractivity contribution in [2.45, 2.75) is 6.92 Å². The van der Waals surface area contributed by atoms with Crippen LogP contribution in [0.25, 0.3) is 11.5 Å². The maximum absolute atomic E-state index is 12.2. The molecular weight excluding hydrogens is 270 g/mol. The van der Waals surface area contributed by atoms with Gasteiger partial charge in [-0.1, -0.05) is 6.92 Å². The van der Waals surface area contributed by atoms with Gasteiger partial charge in [0.2, 0.25) is 0 Å². The van der Waals surface area contributed by atoms with Crippen molar-refractivity contribution in [1.29, 1.82) is 0 Å². The fourth-order valence-electron chi connectivity index (χ4n) is 2.43. The molecule has 0 saturated carbocycles. The Morgan fingerprint density at radius 2 is 2.29 bits per heavy atom. The number of carbonyl (C=O) groups excluding carboxylic acids is 1. The van der Waals surface area contributed by atoms with Gasteiger partial charge in [-0.05, 0) is 24.3 Å². The van der Waals surface area contributed by atoms with Crippen molar-refractivity contribution in [3.8, 4) is 11.5 Å². The SMILES string of the molecule is CC1(CO)CN(C(=O)Nc2cccnc2-c2ccco2)C1. The van der Waals surface area contributed by atoms with Gasteiger partial charge in [0, 0.05) is 24.7 Å². The molecule has 3 heterocycles. The highest BCUT2D eigenvalue weighted by atomic mass is 16.3. The van der Waals surface area contributed by atoms with E-state index in [0.717, 1.165) is 0 Å². The molecule has 0 aliphatic carbocycles. The van der Waals surface area contributed by atoms with Gasteiger partial charge < -0.3 is 19.7 Å². The molecule has 1 saturated heterocycles. The number of urea groups is 1. The first kappa shape index (κ1) is 13.6. The van der Waals surface area contributed by atoms with Gasteiger partial charge in [0.05, 0.1) is 18.6 Å². The Morgan fingerprint density at radius 1 is 1.48 bits per heavy atom. The molecular formula is C15H17N3O3. The van der Waals surface area contributed by atoms with E-state index in [2.05, 4.69) is 10.3 Å². The quantitative estimate of drug-likeness (QED) is 0.907. The van der Waals surface area contributed by atoms with Crippen LogP contribution in [0.4, 0.5) is 10.5 Å². The van der Waals surface area contributed by atoms with Crippen molar-refractivity contribution in [3.63, 3.8) is 0 Å². The number of likely N-dealkylation sites (tertiary alicyclic amines) is 1. The van der Waals surface area contributed by atoms with Gasteiger partial charge in [-0.15, -0.1) is 0 Å². The third kappa shape index (κ3) is 2.62. The summed E-state index contributed by atoms with van der Waals surface area (Å²) in [5, 5.41) is 12.1. The van der Waals surface area contributed by atoms with Gasteiger partial charge in [-0.3, -0.25) is 4.98 Å². The standard InChI is InChI=1S/C15H17N3O3/c1-15(10-19)8-18(9-15)14(20)17-11-4-2-6-16-13(11)12-5-3-7-21-12/h2-7,19H,8-10H2,1H3,(H,17,20). The highest BCUT2D eigenvalue weighted by molar-refractivity contribution is 5.93. The number of amides is 2. The van der Waals surface area contributed by atoms with Crippen LogP contribution >= 0.6 is 0 Å². The monoisotopic (exact) mass is 287 g/mol. The molecule has 2 N–H and O–H groups in total. The number of aliphatic hydroxyl groups excluding tert-OH is 1. The first-order chi connectivity index (χ1) is 10.1. The third-order valence-corrected chi connectivity index (χ3v) is 3.62. The lowest BCUT2D eigenvalue weighted by Crippen LogP contribution is -2.59. The number of anilines is 1. The predicted molar refractivity (Wildman–Crippen MR) is 77.7 cm³/mol. The first-order valence-corrected chi connectivity index (χ1v) is 6.77. The Kier molecular flexibility index (Phi) is 3.39. The minimum absolute atomic E-state index is 0.0846. The molecule has 110 valence electrons. The summed E-state index contributed by atoms with van der Waals surface area (Å²) >= 11 is 0. The molecule has 0 spiro atoms. The Hall–Kier alpha value is -2.34. The van der Waals surface area contributed by atoms with E-state index < -0.39 is 0 Å². The lowest BCUT2D eigenvalue weighted by atomic mass is 9.83. The third-order valence-electron chi connectivity index (χ3n) is 3.62. The summed E-state index contributed by atoms with van der Waals surface area (Å²) in [6.45, 7) is 3.13. The minimum atomic E-state index is -0.193. The molecule has 0 radical (unpaired) electrons. The van der Waals surface area contributed by atoms with Crippen LogP contribution in [0, 0.1) is 5.41 Å². The van der Waals surface area contributed by atoms with Crippen molar-refractivity contribution in [3.05, 3.63) is 36.7 Å². The number of rotatable bonds is 3. The largest absolute Gasteiger partial charge is 0.463 e. The van der Waals surface area contributed by atoms with Crippen molar-refractivity contribution >= 4 is 11.7 Å². The van der Waals surface area contributed by atoms with Gasteiger partial charge in [0.25, 0.3) is 0 Å².